The zero-order valence-electron chi connectivity index (χ0n) is 8.97. The number of para-hydroxylation sites is 1. The Morgan fingerprint density at radius 1 is 1.38 bits per heavy atom. The predicted octanol–water partition coefficient (Wildman–Crippen LogP) is 1.52. The molecule has 0 radical (unpaired) electrons. The Balaban J connectivity index is 2.89. The van der Waals surface area contributed by atoms with Crippen molar-refractivity contribution in [3.63, 3.8) is 0 Å². The van der Waals surface area contributed by atoms with Gasteiger partial charge in [-0.3, -0.25) is 0 Å². The van der Waals surface area contributed by atoms with E-state index in [2.05, 4.69) is 0 Å². The second-order valence-corrected chi connectivity index (χ2v) is 3.22. The summed E-state index contributed by atoms with van der Waals surface area (Å²) in [4.78, 5) is 10.8. The molecule has 0 bridgehead atoms. The Labute approximate surface area is 93.8 Å². The number of rotatable bonds is 5. The van der Waals surface area contributed by atoms with E-state index in [9.17, 15) is 9.90 Å². The van der Waals surface area contributed by atoms with Gasteiger partial charge < -0.3 is 14.9 Å². The molecule has 86 valence electrons. The second kappa shape index (κ2) is 5.80. The van der Waals surface area contributed by atoms with Crippen molar-refractivity contribution in [2.75, 3.05) is 0 Å². The summed E-state index contributed by atoms with van der Waals surface area (Å²) in [7, 11) is 0. The SMILES string of the molecule is CCC/C([O-])=C(\Oc1ccccc1)C(=O)O. The van der Waals surface area contributed by atoms with Gasteiger partial charge in [-0.1, -0.05) is 37.3 Å². The van der Waals surface area contributed by atoms with Gasteiger partial charge in [0.05, 0.1) is 0 Å². The van der Waals surface area contributed by atoms with Crippen LogP contribution in [0.5, 0.6) is 5.75 Å². The van der Waals surface area contributed by atoms with E-state index >= 15 is 0 Å². The van der Waals surface area contributed by atoms with Crippen LogP contribution in [-0.2, 0) is 4.79 Å². The first kappa shape index (κ1) is 12.1. The molecule has 1 aromatic carbocycles. The molecule has 0 saturated heterocycles. The standard InChI is InChI=1S/C12H14O4/c1-2-6-10(13)11(12(14)15)16-9-7-4-3-5-8-9/h3-5,7-8,13H,2,6H2,1H3,(H,14,15)/p-1/b11-10+. The zero-order chi connectivity index (χ0) is 12.0. The van der Waals surface area contributed by atoms with E-state index < -0.39 is 17.5 Å². The lowest BCUT2D eigenvalue weighted by Crippen LogP contribution is -2.18. The van der Waals surface area contributed by atoms with Gasteiger partial charge in [-0.05, 0) is 18.6 Å². The fraction of sp³-hybridized carbons (Fsp3) is 0.250. The van der Waals surface area contributed by atoms with Gasteiger partial charge in [-0.2, -0.15) is 0 Å². The molecule has 1 N–H and O–H groups in total. The maximum Gasteiger partial charge on any atom is 0.370 e. The van der Waals surface area contributed by atoms with Gasteiger partial charge in [0.1, 0.15) is 5.75 Å². The smallest absolute Gasteiger partial charge is 0.370 e. The van der Waals surface area contributed by atoms with E-state index in [1.54, 1.807) is 37.3 Å². The van der Waals surface area contributed by atoms with Crippen molar-refractivity contribution in [3.05, 3.63) is 41.9 Å². The average molecular weight is 221 g/mol. The molecule has 4 heteroatoms. The van der Waals surface area contributed by atoms with Gasteiger partial charge in [-0.15, -0.1) is 0 Å². The minimum atomic E-state index is -1.33. The minimum absolute atomic E-state index is 0.175. The predicted molar refractivity (Wildman–Crippen MR) is 56.6 cm³/mol. The number of benzene rings is 1. The highest BCUT2D eigenvalue weighted by molar-refractivity contribution is 5.85. The highest BCUT2D eigenvalue weighted by Gasteiger charge is 2.10. The van der Waals surface area contributed by atoms with Crippen molar-refractivity contribution < 1.29 is 19.7 Å². The maximum atomic E-state index is 11.4. The van der Waals surface area contributed by atoms with Crippen molar-refractivity contribution in [1.29, 1.82) is 0 Å². The Morgan fingerprint density at radius 2 is 2.00 bits per heavy atom. The molecule has 0 aliphatic rings. The van der Waals surface area contributed by atoms with Crippen LogP contribution in [0.15, 0.2) is 41.9 Å². The van der Waals surface area contributed by atoms with E-state index in [0.717, 1.165) is 0 Å². The lowest BCUT2D eigenvalue weighted by Gasteiger charge is -2.16. The minimum Gasteiger partial charge on any atom is -0.873 e. The van der Waals surface area contributed by atoms with Crippen molar-refractivity contribution in [2.45, 2.75) is 19.8 Å². The fourth-order valence-electron chi connectivity index (χ4n) is 1.17. The number of aliphatic carboxylic acids is 1. The van der Waals surface area contributed by atoms with Gasteiger partial charge in [-0.25, -0.2) is 4.79 Å². The molecule has 0 saturated carbocycles. The molecule has 0 aromatic heterocycles. The average Bonchev–Trinajstić information content (AvgIpc) is 2.27. The third-order valence-electron chi connectivity index (χ3n) is 1.89. The summed E-state index contributed by atoms with van der Waals surface area (Å²) in [5.41, 5.74) is 0. The molecule has 0 unspecified atom stereocenters. The summed E-state index contributed by atoms with van der Waals surface area (Å²) >= 11 is 0. The summed E-state index contributed by atoms with van der Waals surface area (Å²) < 4.78 is 5.06. The van der Waals surface area contributed by atoms with Crippen LogP contribution >= 0.6 is 0 Å². The molecule has 0 heterocycles. The fourth-order valence-corrected chi connectivity index (χ4v) is 1.17. The Hall–Kier alpha value is -1.97. The number of carbonyl (C=O) groups is 1. The number of ether oxygens (including phenoxy) is 1. The highest BCUT2D eigenvalue weighted by atomic mass is 16.5. The quantitative estimate of drug-likeness (QED) is 0.604. The van der Waals surface area contributed by atoms with Crippen LogP contribution in [-0.4, -0.2) is 11.1 Å². The number of allylic oxidation sites excluding steroid dienone is 1. The summed E-state index contributed by atoms with van der Waals surface area (Å²) in [5, 5.41) is 20.3. The molecule has 0 spiro atoms. The number of carboxylic acid groups (broad SMARTS) is 1. The largest absolute Gasteiger partial charge is 0.873 e. The number of hydrogen-bond acceptors (Lipinski definition) is 3. The van der Waals surface area contributed by atoms with E-state index in [0.29, 0.717) is 12.2 Å². The molecule has 0 fully saturated rings. The van der Waals surface area contributed by atoms with Gasteiger partial charge >= 0.3 is 5.97 Å². The normalized spacial score (nSPS) is 11.8. The molecular weight excluding hydrogens is 208 g/mol. The van der Waals surface area contributed by atoms with Crippen molar-refractivity contribution >= 4 is 5.97 Å². The summed E-state index contributed by atoms with van der Waals surface area (Å²) in [6.07, 6.45) is 0.766. The van der Waals surface area contributed by atoms with Gasteiger partial charge in [0.15, 0.2) is 5.76 Å². The van der Waals surface area contributed by atoms with Gasteiger partial charge in [0.25, 0.3) is 0 Å². The topological polar surface area (TPSA) is 69.6 Å². The van der Waals surface area contributed by atoms with Gasteiger partial charge in [0.2, 0.25) is 0 Å². The number of hydrogen-bond donors (Lipinski definition) is 1. The molecule has 0 amide bonds. The van der Waals surface area contributed by atoms with Crippen molar-refractivity contribution in [3.8, 4) is 5.75 Å². The lowest BCUT2D eigenvalue weighted by atomic mass is 10.2. The molecule has 0 atom stereocenters. The van der Waals surface area contributed by atoms with E-state index in [-0.39, 0.29) is 6.42 Å². The molecule has 16 heavy (non-hydrogen) atoms. The number of carboxylic acids is 1. The summed E-state index contributed by atoms with van der Waals surface area (Å²) in [5.74, 6) is -1.99. The van der Waals surface area contributed by atoms with Crippen LogP contribution in [0.25, 0.3) is 0 Å². The second-order valence-electron chi connectivity index (χ2n) is 3.22. The monoisotopic (exact) mass is 221 g/mol. The van der Waals surface area contributed by atoms with E-state index in [1.807, 2.05) is 0 Å². The zero-order valence-corrected chi connectivity index (χ0v) is 8.97. The first-order chi connectivity index (χ1) is 7.65. The summed E-state index contributed by atoms with van der Waals surface area (Å²) in [6.45, 7) is 1.81. The molecule has 0 aliphatic heterocycles. The maximum absolute atomic E-state index is 11.4. The van der Waals surface area contributed by atoms with Crippen LogP contribution in [0.3, 0.4) is 0 Å². The summed E-state index contributed by atoms with van der Waals surface area (Å²) in [6, 6.07) is 8.39. The third-order valence-corrected chi connectivity index (χ3v) is 1.89. The van der Waals surface area contributed by atoms with Crippen LogP contribution in [0.4, 0.5) is 0 Å². The van der Waals surface area contributed by atoms with Crippen molar-refractivity contribution in [2.24, 2.45) is 0 Å². The molecular formula is C12H13O4-. The molecule has 4 nitrogen and oxygen atoms in total. The Kier molecular flexibility index (Phi) is 4.39. The van der Waals surface area contributed by atoms with Crippen molar-refractivity contribution in [1.82, 2.24) is 0 Å². The van der Waals surface area contributed by atoms with E-state index in [1.165, 1.54) is 0 Å². The first-order valence-electron chi connectivity index (χ1n) is 5.01. The van der Waals surface area contributed by atoms with Crippen LogP contribution in [0.2, 0.25) is 0 Å². The van der Waals surface area contributed by atoms with Crippen LogP contribution in [0.1, 0.15) is 19.8 Å². The Bertz CT molecular complexity index is 381. The first-order valence-corrected chi connectivity index (χ1v) is 5.01. The lowest BCUT2D eigenvalue weighted by molar-refractivity contribution is -0.310. The third kappa shape index (κ3) is 3.31. The van der Waals surface area contributed by atoms with Gasteiger partial charge in [0, 0.05) is 0 Å². The Morgan fingerprint density at radius 3 is 2.50 bits per heavy atom. The highest BCUT2D eigenvalue weighted by Crippen LogP contribution is 2.15. The molecule has 0 aliphatic carbocycles. The molecule has 1 aromatic rings. The molecule has 1 rings (SSSR count). The van der Waals surface area contributed by atoms with E-state index in [4.69, 9.17) is 9.84 Å². The van der Waals surface area contributed by atoms with Crippen LogP contribution in [0, 0.1) is 0 Å². The van der Waals surface area contributed by atoms with Crippen LogP contribution < -0.4 is 9.84 Å².